The molecule has 2 rings (SSSR count). The Morgan fingerprint density at radius 3 is 2.48 bits per heavy atom. The normalized spacial score (nSPS) is 16.2. The van der Waals surface area contributed by atoms with Gasteiger partial charge in [0.2, 0.25) is 0 Å². The topological polar surface area (TPSA) is 58.1 Å². The summed E-state index contributed by atoms with van der Waals surface area (Å²) in [6, 6.07) is 8.20. The Kier molecular flexibility index (Phi) is 9.84. The van der Waals surface area contributed by atoms with Gasteiger partial charge in [-0.25, -0.2) is 0 Å². The first-order valence-electron chi connectivity index (χ1n) is 10.3. The molecule has 0 amide bonds. The Hall–Kier alpha value is -1.95. The lowest BCUT2D eigenvalue weighted by Crippen LogP contribution is -2.48. The van der Waals surface area contributed by atoms with Gasteiger partial charge in [0.05, 0.1) is 13.7 Å². The molecule has 1 aliphatic rings. The fourth-order valence-electron chi connectivity index (χ4n) is 3.25. The molecule has 1 heterocycles. The summed E-state index contributed by atoms with van der Waals surface area (Å²) in [5.41, 5.74) is 0. The van der Waals surface area contributed by atoms with Crippen LogP contribution in [0.2, 0.25) is 0 Å². The number of aliphatic imine (C=N–C) groups is 1. The molecule has 0 radical (unpaired) electrons. The predicted molar refractivity (Wildman–Crippen MR) is 112 cm³/mol. The van der Waals surface area contributed by atoms with Crippen LogP contribution in [0.3, 0.4) is 0 Å². The van der Waals surface area contributed by atoms with Crippen molar-refractivity contribution in [2.24, 2.45) is 4.99 Å². The van der Waals surface area contributed by atoms with E-state index in [2.05, 4.69) is 29.4 Å². The zero-order valence-corrected chi connectivity index (χ0v) is 17.2. The standard InChI is InChI=1S/C21H36N4O2/c1-4-14-25-15-11-18(12-16-25)24-21(22-5-2)23-13-6-17-27-20-9-7-19(26-3)8-10-20/h7-10,18H,4-6,11-17H2,1-3H3,(H2,22,23,24). The number of nitrogens with one attached hydrogen (secondary N) is 2. The van der Waals surface area contributed by atoms with Gasteiger partial charge in [-0.3, -0.25) is 4.99 Å². The van der Waals surface area contributed by atoms with Crippen molar-refractivity contribution in [1.82, 2.24) is 15.5 Å². The Bertz CT molecular complexity index is 540. The maximum atomic E-state index is 5.76. The monoisotopic (exact) mass is 376 g/mol. The lowest BCUT2D eigenvalue weighted by Gasteiger charge is -2.32. The van der Waals surface area contributed by atoms with Gasteiger partial charge in [0.25, 0.3) is 0 Å². The van der Waals surface area contributed by atoms with Crippen molar-refractivity contribution >= 4 is 5.96 Å². The largest absolute Gasteiger partial charge is 0.497 e. The average molecular weight is 377 g/mol. The summed E-state index contributed by atoms with van der Waals surface area (Å²) in [5, 5.41) is 6.96. The van der Waals surface area contributed by atoms with E-state index in [1.807, 2.05) is 24.3 Å². The summed E-state index contributed by atoms with van der Waals surface area (Å²) in [6.45, 7) is 10.2. The van der Waals surface area contributed by atoms with Crippen molar-refractivity contribution in [2.45, 2.75) is 45.6 Å². The first-order valence-corrected chi connectivity index (χ1v) is 10.3. The number of benzene rings is 1. The summed E-state index contributed by atoms with van der Waals surface area (Å²) in [7, 11) is 1.67. The zero-order chi connectivity index (χ0) is 19.3. The molecule has 1 fully saturated rings. The highest BCUT2D eigenvalue weighted by atomic mass is 16.5. The van der Waals surface area contributed by atoms with E-state index in [1.54, 1.807) is 7.11 Å². The van der Waals surface area contributed by atoms with E-state index >= 15 is 0 Å². The SMILES string of the molecule is CCCN1CCC(NC(=NCCCOc2ccc(OC)cc2)NCC)CC1. The first-order chi connectivity index (χ1) is 13.2. The highest BCUT2D eigenvalue weighted by Crippen LogP contribution is 2.17. The van der Waals surface area contributed by atoms with Crippen LogP contribution in [0.25, 0.3) is 0 Å². The van der Waals surface area contributed by atoms with Crippen LogP contribution in [0.4, 0.5) is 0 Å². The maximum Gasteiger partial charge on any atom is 0.191 e. The Morgan fingerprint density at radius 1 is 1.15 bits per heavy atom. The van der Waals surface area contributed by atoms with E-state index < -0.39 is 0 Å². The van der Waals surface area contributed by atoms with Crippen LogP contribution in [-0.4, -0.2) is 63.3 Å². The molecule has 0 saturated carbocycles. The number of methoxy groups -OCH3 is 1. The van der Waals surface area contributed by atoms with Gasteiger partial charge in [0, 0.05) is 38.6 Å². The Labute approximate surface area is 164 Å². The van der Waals surface area contributed by atoms with Crippen molar-refractivity contribution in [1.29, 1.82) is 0 Å². The number of likely N-dealkylation sites (tertiary alicyclic amines) is 1. The van der Waals surface area contributed by atoms with Crippen molar-refractivity contribution < 1.29 is 9.47 Å². The molecular weight excluding hydrogens is 340 g/mol. The molecule has 0 aliphatic carbocycles. The van der Waals surface area contributed by atoms with Gasteiger partial charge in [-0.2, -0.15) is 0 Å². The van der Waals surface area contributed by atoms with Crippen LogP contribution >= 0.6 is 0 Å². The summed E-state index contributed by atoms with van der Waals surface area (Å²) in [6.07, 6.45) is 4.49. The van der Waals surface area contributed by atoms with Gasteiger partial charge in [-0.15, -0.1) is 0 Å². The van der Waals surface area contributed by atoms with Crippen molar-refractivity contribution in [3.63, 3.8) is 0 Å². The molecule has 0 atom stereocenters. The van der Waals surface area contributed by atoms with Gasteiger partial charge in [-0.1, -0.05) is 6.92 Å². The van der Waals surface area contributed by atoms with Crippen LogP contribution in [0.1, 0.15) is 39.5 Å². The van der Waals surface area contributed by atoms with Gasteiger partial charge < -0.3 is 25.0 Å². The summed E-state index contributed by atoms with van der Waals surface area (Å²) in [4.78, 5) is 7.26. The van der Waals surface area contributed by atoms with E-state index in [0.29, 0.717) is 12.6 Å². The van der Waals surface area contributed by atoms with Crippen LogP contribution < -0.4 is 20.1 Å². The lowest BCUT2D eigenvalue weighted by atomic mass is 10.1. The number of hydrogen-bond acceptors (Lipinski definition) is 4. The molecule has 27 heavy (non-hydrogen) atoms. The molecule has 0 spiro atoms. The fraction of sp³-hybridized carbons (Fsp3) is 0.667. The van der Waals surface area contributed by atoms with Crippen LogP contribution in [0, 0.1) is 0 Å². The van der Waals surface area contributed by atoms with Crippen molar-refractivity contribution in [3.8, 4) is 11.5 Å². The molecule has 1 saturated heterocycles. The Balaban J connectivity index is 1.68. The predicted octanol–water partition coefficient (Wildman–Crippen LogP) is 2.89. The summed E-state index contributed by atoms with van der Waals surface area (Å²) < 4.78 is 10.9. The van der Waals surface area contributed by atoms with E-state index in [0.717, 1.165) is 37.0 Å². The second kappa shape index (κ2) is 12.4. The molecule has 6 nitrogen and oxygen atoms in total. The average Bonchev–Trinajstić information content (AvgIpc) is 2.70. The van der Waals surface area contributed by atoms with Gasteiger partial charge in [-0.05, 0) is 57.0 Å². The number of hydrogen-bond donors (Lipinski definition) is 2. The minimum absolute atomic E-state index is 0.520. The third-order valence-corrected chi connectivity index (χ3v) is 4.71. The molecule has 1 aromatic carbocycles. The highest BCUT2D eigenvalue weighted by Gasteiger charge is 2.19. The molecule has 0 aromatic heterocycles. The van der Waals surface area contributed by atoms with Gasteiger partial charge in [0.1, 0.15) is 11.5 Å². The lowest BCUT2D eigenvalue weighted by molar-refractivity contribution is 0.206. The molecule has 1 aromatic rings. The first kappa shape index (κ1) is 21.4. The number of guanidine groups is 1. The van der Waals surface area contributed by atoms with E-state index in [-0.39, 0.29) is 0 Å². The van der Waals surface area contributed by atoms with Gasteiger partial charge >= 0.3 is 0 Å². The molecule has 1 aliphatic heterocycles. The summed E-state index contributed by atoms with van der Waals surface area (Å²) in [5.74, 6) is 2.63. The minimum Gasteiger partial charge on any atom is -0.497 e. The third-order valence-electron chi connectivity index (χ3n) is 4.71. The third kappa shape index (κ3) is 8.08. The van der Waals surface area contributed by atoms with Crippen LogP contribution in [-0.2, 0) is 0 Å². The molecule has 0 bridgehead atoms. The zero-order valence-electron chi connectivity index (χ0n) is 17.2. The highest BCUT2D eigenvalue weighted by molar-refractivity contribution is 5.80. The number of rotatable bonds is 10. The smallest absolute Gasteiger partial charge is 0.191 e. The molecule has 0 unspecified atom stereocenters. The molecule has 152 valence electrons. The minimum atomic E-state index is 0.520. The molecular formula is C21H36N4O2. The maximum absolute atomic E-state index is 5.76. The second-order valence-electron chi connectivity index (χ2n) is 6.90. The molecule has 2 N–H and O–H groups in total. The van der Waals surface area contributed by atoms with Gasteiger partial charge in [0.15, 0.2) is 5.96 Å². The number of nitrogens with zero attached hydrogens (tertiary/aromatic N) is 2. The van der Waals surface area contributed by atoms with Crippen LogP contribution in [0.5, 0.6) is 11.5 Å². The quantitative estimate of drug-likeness (QED) is 0.374. The second-order valence-corrected chi connectivity index (χ2v) is 6.90. The molecule has 6 heteroatoms. The van der Waals surface area contributed by atoms with Crippen molar-refractivity contribution in [2.75, 3.05) is 46.4 Å². The van der Waals surface area contributed by atoms with Crippen LogP contribution in [0.15, 0.2) is 29.3 Å². The Morgan fingerprint density at radius 2 is 1.85 bits per heavy atom. The van der Waals surface area contributed by atoms with Crippen molar-refractivity contribution in [3.05, 3.63) is 24.3 Å². The number of piperidine rings is 1. The van der Waals surface area contributed by atoms with E-state index in [4.69, 9.17) is 14.5 Å². The van der Waals surface area contributed by atoms with E-state index in [9.17, 15) is 0 Å². The van der Waals surface area contributed by atoms with E-state index in [1.165, 1.54) is 38.9 Å². The summed E-state index contributed by atoms with van der Waals surface area (Å²) >= 11 is 0. The number of ether oxygens (including phenoxy) is 2. The fourth-order valence-corrected chi connectivity index (χ4v) is 3.25.